The molecule has 11 heteroatoms. The molecule has 9 nitrogen and oxygen atoms in total. The van der Waals surface area contributed by atoms with Gasteiger partial charge in [-0.05, 0) is 18.2 Å². The molecule has 0 radical (unpaired) electrons. The second kappa shape index (κ2) is 8.76. The van der Waals surface area contributed by atoms with Crippen LogP contribution in [0.25, 0.3) is 0 Å². The summed E-state index contributed by atoms with van der Waals surface area (Å²) in [5, 5.41) is 13.6. The molecule has 150 valence electrons. The Morgan fingerprint density at radius 1 is 1.21 bits per heavy atom. The number of nitro groups is 1. The molecule has 2 N–H and O–H groups in total. The van der Waals surface area contributed by atoms with E-state index in [1.165, 1.54) is 35.2 Å². The quantitative estimate of drug-likeness (QED) is 0.501. The second-order valence-electron chi connectivity index (χ2n) is 5.99. The van der Waals surface area contributed by atoms with Crippen LogP contribution >= 0.6 is 0 Å². The molecular weight excluding hydrogens is 391 g/mol. The van der Waals surface area contributed by atoms with Crippen LogP contribution in [0.4, 0.5) is 15.8 Å². The normalized spacial score (nSPS) is 11.1. The number of carbonyl (C=O) groups excluding carboxylic acids is 1. The molecule has 2 rings (SSSR count). The van der Waals surface area contributed by atoms with Crippen molar-refractivity contribution in [3.05, 3.63) is 64.0 Å². The molecule has 0 heterocycles. The third-order valence-corrected chi connectivity index (χ3v) is 5.19. The van der Waals surface area contributed by atoms with E-state index in [0.717, 1.165) is 6.07 Å². The van der Waals surface area contributed by atoms with E-state index in [4.69, 9.17) is 0 Å². The van der Waals surface area contributed by atoms with Crippen molar-refractivity contribution in [3.63, 3.8) is 0 Å². The van der Waals surface area contributed by atoms with Crippen molar-refractivity contribution in [2.75, 3.05) is 25.5 Å². The maximum Gasteiger partial charge on any atom is 0.293 e. The first-order valence-electron chi connectivity index (χ1n) is 8.07. The van der Waals surface area contributed by atoms with Crippen molar-refractivity contribution in [2.24, 2.45) is 0 Å². The molecule has 28 heavy (non-hydrogen) atoms. The fourth-order valence-corrected chi connectivity index (χ4v) is 3.34. The van der Waals surface area contributed by atoms with E-state index in [-0.39, 0.29) is 28.4 Å². The highest BCUT2D eigenvalue weighted by Crippen LogP contribution is 2.29. The molecule has 0 unspecified atom stereocenters. The molecule has 0 aromatic heterocycles. The lowest BCUT2D eigenvalue weighted by Gasteiger charge is -2.14. The van der Waals surface area contributed by atoms with Crippen LogP contribution in [0.2, 0.25) is 0 Å². The number of hydrogen-bond acceptors (Lipinski definition) is 6. The smallest absolute Gasteiger partial charge is 0.293 e. The monoisotopic (exact) mass is 410 g/mol. The van der Waals surface area contributed by atoms with Crippen molar-refractivity contribution < 1.29 is 22.5 Å². The summed E-state index contributed by atoms with van der Waals surface area (Å²) in [6.07, 6.45) is 0. The number of hydrogen-bond donors (Lipinski definition) is 2. The minimum Gasteiger partial charge on any atom is -0.372 e. The Morgan fingerprint density at radius 3 is 2.50 bits per heavy atom. The zero-order chi connectivity index (χ0) is 20.9. The van der Waals surface area contributed by atoms with Crippen LogP contribution in [0.15, 0.2) is 47.4 Å². The molecule has 2 aromatic rings. The van der Waals surface area contributed by atoms with Crippen molar-refractivity contribution in [1.82, 2.24) is 10.0 Å². The van der Waals surface area contributed by atoms with Gasteiger partial charge in [0.25, 0.3) is 5.69 Å². The van der Waals surface area contributed by atoms with Gasteiger partial charge in [0.05, 0.1) is 16.4 Å². The Labute approximate surface area is 161 Å². The van der Waals surface area contributed by atoms with Crippen molar-refractivity contribution in [1.29, 1.82) is 0 Å². The molecule has 0 spiro atoms. The Bertz CT molecular complexity index is 995. The van der Waals surface area contributed by atoms with E-state index in [9.17, 15) is 27.7 Å². The molecule has 0 aliphatic heterocycles. The Morgan fingerprint density at radius 2 is 1.89 bits per heavy atom. The first-order chi connectivity index (χ1) is 13.1. The topological polar surface area (TPSA) is 122 Å². The minimum atomic E-state index is -4.15. The van der Waals surface area contributed by atoms with E-state index in [2.05, 4.69) is 10.0 Å². The van der Waals surface area contributed by atoms with Gasteiger partial charge in [0.1, 0.15) is 11.5 Å². The summed E-state index contributed by atoms with van der Waals surface area (Å²) in [4.78, 5) is 23.5. The van der Waals surface area contributed by atoms with E-state index in [1.54, 1.807) is 20.2 Å². The zero-order valence-electron chi connectivity index (χ0n) is 15.2. The summed E-state index contributed by atoms with van der Waals surface area (Å²) in [5.74, 6) is -1.16. The Balaban J connectivity index is 2.05. The lowest BCUT2D eigenvalue weighted by molar-refractivity contribution is -0.384. The van der Waals surface area contributed by atoms with Gasteiger partial charge in [-0.25, -0.2) is 17.5 Å². The standard InChI is InChI=1S/C17H19FN4O5S/c1-21(2)15-8-7-13(9-16(15)22(24)25)28(26,27)20-11-17(23)19-10-12-5-3-4-6-14(12)18/h3-9,20H,10-11H2,1-2H3,(H,19,23). The third-order valence-electron chi connectivity index (χ3n) is 3.79. The van der Waals surface area contributed by atoms with Crippen LogP contribution in [0.3, 0.4) is 0 Å². The minimum absolute atomic E-state index is 0.101. The van der Waals surface area contributed by atoms with Crippen LogP contribution < -0.4 is 14.9 Å². The number of amides is 1. The number of rotatable bonds is 8. The molecular formula is C17H19FN4O5S. The molecule has 0 fully saturated rings. The van der Waals surface area contributed by atoms with Crippen LogP contribution in [0.5, 0.6) is 0 Å². The summed E-state index contributed by atoms with van der Waals surface area (Å²) in [7, 11) is -0.969. The summed E-state index contributed by atoms with van der Waals surface area (Å²) in [6.45, 7) is -0.698. The van der Waals surface area contributed by atoms with Gasteiger partial charge >= 0.3 is 0 Å². The number of nitro benzene ring substituents is 1. The lowest BCUT2D eigenvalue weighted by atomic mass is 10.2. The predicted octanol–water partition coefficient (Wildman–Crippen LogP) is 1.39. The highest BCUT2D eigenvalue weighted by molar-refractivity contribution is 7.89. The third kappa shape index (κ3) is 5.24. The highest BCUT2D eigenvalue weighted by atomic mass is 32.2. The highest BCUT2D eigenvalue weighted by Gasteiger charge is 2.22. The number of benzene rings is 2. The van der Waals surface area contributed by atoms with Gasteiger partial charge < -0.3 is 10.2 Å². The van der Waals surface area contributed by atoms with Gasteiger partial charge in [-0.1, -0.05) is 18.2 Å². The van der Waals surface area contributed by atoms with Gasteiger partial charge in [0, 0.05) is 32.3 Å². The van der Waals surface area contributed by atoms with Gasteiger partial charge in [0.2, 0.25) is 15.9 Å². The molecule has 0 bridgehead atoms. The zero-order valence-corrected chi connectivity index (χ0v) is 16.0. The molecule has 0 saturated heterocycles. The van der Waals surface area contributed by atoms with Gasteiger partial charge in [0.15, 0.2) is 0 Å². The maximum atomic E-state index is 13.5. The van der Waals surface area contributed by atoms with Gasteiger partial charge in [-0.3, -0.25) is 14.9 Å². The van der Waals surface area contributed by atoms with E-state index in [0.29, 0.717) is 0 Å². The average molecular weight is 410 g/mol. The summed E-state index contributed by atoms with van der Waals surface area (Å²) < 4.78 is 40.2. The number of nitrogens with zero attached hydrogens (tertiary/aromatic N) is 2. The SMILES string of the molecule is CN(C)c1ccc(S(=O)(=O)NCC(=O)NCc2ccccc2F)cc1[N+](=O)[O-]. The molecule has 2 aromatic carbocycles. The number of sulfonamides is 1. The fraction of sp³-hybridized carbons (Fsp3) is 0.235. The van der Waals surface area contributed by atoms with Crippen LogP contribution in [-0.4, -0.2) is 39.9 Å². The first-order valence-corrected chi connectivity index (χ1v) is 9.55. The van der Waals surface area contributed by atoms with Crippen LogP contribution in [0, 0.1) is 15.9 Å². The number of anilines is 1. The summed E-state index contributed by atoms with van der Waals surface area (Å²) >= 11 is 0. The van der Waals surface area contributed by atoms with Crippen LogP contribution in [-0.2, 0) is 21.4 Å². The summed E-state index contributed by atoms with van der Waals surface area (Å²) in [5.41, 5.74) is 0.122. The molecule has 0 aliphatic rings. The Hall–Kier alpha value is -3.05. The molecule has 0 atom stereocenters. The summed E-state index contributed by atoms with van der Waals surface area (Å²) in [6, 6.07) is 9.30. The van der Waals surface area contributed by atoms with Crippen molar-refractivity contribution in [3.8, 4) is 0 Å². The van der Waals surface area contributed by atoms with Crippen molar-refractivity contribution >= 4 is 27.3 Å². The largest absolute Gasteiger partial charge is 0.372 e. The van der Waals surface area contributed by atoms with E-state index >= 15 is 0 Å². The first kappa shape index (κ1) is 21.3. The van der Waals surface area contributed by atoms with Crippen LogP contribution in [0.1, 0.15) is 5.56 Å². The Kier molecular flexibility index (Phi) is 6.65. The molecule has 0 saturated carbocycles. The van der Waals surface area contributed by atoms with Gasteiger partial charge in [-0.2, -0.15) is 0 Å². The number of halogens is 1. The van der Waals surface area contributed by atoms with E-state index in [1.807, 2.05) is 0 Å². The van der Waals surface area contributed by atoms with E-state index < -0.39 is 33.2 Å². The van der Waals surface area contributed by atoms with Crippen molar-refractivity contribution in [2.45, 2.75) is 11.4 Å². The second-order valence-corrected chi connectivity index (χ2v) is 7.76. The predicted molar refractivity (Wildman–Crippen MR) is 101 cm³/mol. The fourth-order valence-electron chi connectivity index (χ4n) is 2.34. The molecule has 0 aliphatic carbocycles. The lowest BCUT2D eigenvalue weighted by Crippen LogP contribution is -2.36. The maximum absolute atomic E-state index is 13.5. The number of carbonyl (C=O) groups is 1. The van der Waals surface area contributed by atoms with Gasteiger partial charge in [-0.15, -0.1) is 0 Å². The molecule has 1 amide bonds. The average Bonchev–Trinajstić information content (AvgIpc) is 2.65. The number of nitrogens with one attached hydrogen (secondary N) is 2.